The molecule has 0 atom stereocenters. The molecule has 1 aromatic heterocycles. The fourth-order valence-electron chi connectivity index (χ4n) is 3.30. The lowest BCUT2D eigenvalue weighted by Gasteiger charge is -2.28. The number of aromatic nitrogens is 2. The average Bonchev–Trinajstić information content (AvgIpc) is 2.90. The van der Waals surface area contributed by atoms with Crippen molar-refractivity contribution in [2.75, 3.05) is 20.1 Å². The van der Waals surface area contributed by atoms with Crippen molar-refractivity contribution in [1.82, 2.24) is 14.9 Å². The Morgan fingerprint density at radius 1 is 1.16 bits per heavy atom. The Morgan fingerprint density at radius 2 is 1.84 bits per heavy atom. The van der Waals surface area contributed by atoms with E-state index in [-0.39, 0.29) is 0 Å². The second-order valence-corrected chi connectivity index (χ2v) is 6.11. The Kier molecular flexibility index (Phi) is 3.69. The monoisotopic (exact) mass is 261 g/mol. The van der Waals surface area contributed by atoms with Crippen LogP contribution in [0.4, 0.5) is 0 Å². The van der Waals surface area contributed by atoms with E-state index in [0.29, 0.717) is 17.6 Å². The van der Waals surface area contributed by atoms with Gasteiger partial charge in [0.25, 0.3) is 0 Å². The highest BCUT2D eigenvalue weighted by Crippen LogP contribution is 2.32. The molecular weight excluding hydrogens is 238 g/mol. The second-order valence-electron chi connectivity index (χ2n) is 6.11. The summed E-state index contributed by atoms with van der Waals surface area (Å²) in [6, 6.07) is 0. The Balaban J connectivity index is 1.64. The van der Waals surface area contributed by atoms with Gasteiger partial charge in [-0.05, 0) is 45.8 Å². The third kappa shape index (κ3) is 2.89. The minimum atomic E-state index is 0.415. The number of imidazole rings is 1. The van der Waals surface area contributed by atoms with E-state index in [2.05, 4.69) is 21.9 Å². The number of hydrogen-bond donors (Lipinski definition) is 1. The first-order chi connectivity index (χ1) is 9.22. The molecule has 1 aromatic rings. The molecule has 1 aliphatic carbocycles. The van der Waals surface area contributed by atoms with Crippen LogP contribution in [-0.4, -0.2) is 40.8 Å². The van der Waals surface area contributed by atoms with Crippen molar-refractivity contribution in [3.8, 4) is 0 Å². The van der Waals surface area contributed by atoms with Gasteiger partial charge in [-0.1, -0.05) is 0 Å². The maximum absolute atomic E-state index is 11.3. The molecular formula is C15H23N3O. The van der Waals surface area contributed by atoms with Crippen LogP contribution in [0.1, 0.15) is 61.9 Å². The van der Waals surface area contributed by atoms with Gasteiger partial charge in [-0.3, -0.25) is 4.79 Å². The molecule has 2 aliphatic rings. The molecule has 19 heavy (non-hydrogen) atoms. The lowest BCUT2D eigenvalue weighted by Crippen LogP contribution is -2.29. The van der Waals surface area contributed by atoms with Gasteiger partial charge in [-0.15, -0.1) is 0 Å². The maximum atomic E-state index is 11.3. The Labute approximate surface area is 114 Å². The maximum Gasteiger partial charge on any atom is 0.132 e. The van der Waals surface area contributed by atoms with Crippen molar-refractivity contribution in [2.24, 2.45) is 0 Å². The highest BCUT2D eigenvalue weighted by atomic mass is 16.1. The molecule has 3 rings (SSSR count). The van der Waals surface area contributed by atoms with E-state index in [0.717, 1.165) is 31.5 Å². The molecule has 104 valence electrons. The zero-order valence-corrected chi connectivity index (χ0v) is 11.7. The minimum Gasteiger partial charge on any atom is -0.345 e. The van der Waals surface area contributed by atoms with Crippen LogP contribution in [0.25, 0.3) is 0 Å². The van der Waals surface area contributed by atoms with Crippen LogP contribution >= 0.6 is 0 Å². The third-order valence-electron chi connectivity index (χ3n) is 4.70. The number of likely N-dealkylation sites (tertiary alicyclic amines) is 1. The smallest absolute Gasteiger partial charge is 0.132 e. The number of Topliss-reactive ketones (excluding diaryl/α,β-unsaturated/α-hetero) is 1. The van der Waals surface area contributed by atoms with Gasteiger partial charge in [-0.25, -0.2) is 4.98 Å². The van der Waals surface area contributed by atoms with Crippen LogP contribution in [0, 0.1) is 0 Å². The van der Waals surface area contributed by atoms with E-state index in [4.69, 9.17) is 0 Å². The highest BCUT2D eigenvalue weighted by molar-refractivity contribution is 5.79. The van der Waals surface area contributed by atoms with Gasteiger partial charge in [0.05, 0.1) is 0 Å². The van der Waals surface area contributed by atoms with Gasteiger partial charge in [0.1, 0.15) is 11.6 Å². The Bertz CT molecular complexity index is 436. The number of aromatic amines is 1. The van der Waals surface area contributed by atoms with Crippen molar-refractivity contribution in [1.29, 1.82) is 0 Å². The number of carbonyl (C=O) groups excluding carboxylic acids is 1. The topological polar surface area (TPSA) is 49.0 Å². The summed E-state index contributed by atoms with van der Waals surface area (Å²) in [5.41, 5.74) is 1.31. The van der Waals surface area contributed by atoms with Crippen LogP contribution in [0.15, 0.2) is 6.20 Å². The molecule has 1 aliphatic heterocycles. The fraction of sp³-hybridized carbons (Fsp3) is 0.733. The van der Waals surface area contributed by atoms with E-state index >= 15 is 0 Å². The second kappa shape index (κ2) is 5.45. The summed E-state index contributed by atoms with van der Waals surface area (Å²) in [5, 5.41) is 0. The third-order valence-corrected chi connectivity index (χ3v) is 4.70. The summed E-state index contributed by atoms with van der Waals surface area (Å²) in [5.74, 6) is 2.64. The van der Waals surface area contributed by atoms with E-state index < -0.39 is 0 Å². The lowest BCUT2D eigenvalue weighted by atomic mass is 9.88. The molecule has 0 unspecified atom stereocenters. The first kappa shape index (κ1) is 12.9. The van der Waals surface area contributed by atoms with Crippen LogP contribution in [0.3, 0.4) is 0 Å². The molecule has 2 fully saturated rings. The number of hydrogen-bond acceptors (Lipinski definition) is 3. The average molecular weight is 261 g/mol. The van der Waals surface area contributed by atoms with Gasteiger partial charge in [0.2, 0.25) is 0 Å². The number of H-pyrrole nitrogens is 1. The van der Waals surface area contributed by atoms with Gasteiger partial charge in [0, 0.05) is 36.6 Å². The van der Waals surface area contributed by atoms with Crippen molar-refractivity contribution < 1.29 is 4.79 Å². The molecule has 2 heterocycles. The number of nitrogens with zero attached hydrogens (tertiary/aromatic N) is 2. The standard InChI is InChI=1S/C15H23N3O/c1-18-8-6-11(7-9-18)14-10-16-15(17-14)12-2-4-13(19)5-3-12/h10-12H,2-9H2,1H3,(H,16,17). The highest BCUT2D eigenvalue weighted by Gasteiger charge is 2.25. The van der Waals surface area contributed by atoms with Crippen molar-refractivity contribution in [3.05, 3.63) is 17.7 Å². The van der Waals surface area contributed by atoms with Gasteiger partial charge >= 0.3 is 0 Å². The summed E-state index contributed by atoms with van der Waals surface area (Å²) < 4.78 is 0. The summed E-state index contributed by atoms with van der Waals surface area (Å²) >= 11 is 0. The summed E-state index contributed by atoms with van der Waals surface area (Å²) in [6.07, 6.45) is 7.88. The molecule has 4 heteroatoms. The minimum absolute atomic E-state index is 0.415. The quantitative estimate of drug-likeness (QED) is 0.889. The van der Waals surface area contributed by atoms with Crippen LogP contribution in [0.2, 0.25) is 0 Å². The Morgan fingerprint density at radius 3 is 2.53 bits per heavy atom. The molecule has 1 N–H and O–H groups in total. The lowest BCUT2D eigenvalue weighted by molar-refractivity contribution is -0.120. The van der Waals surface area contributed by atoms with Crippen molar-refractivity contribution in [2.45, 2.75) is 50.4 Å². The first-order valence-electron chi connectivity index (χ1n) is 7.47. The predicted molar refractivity (Wildman–Crippen MR) is 74.3 cm³/mol. The molecule has 0 amide bonds. The molecule has 1 saturated heterocycles. The van der Waals surface area contributed by atoms with Crippen LogP contribution < -0.4 is 0 Å². The van der Waals surface area contributed by atoms with Crippen LogP contribution in [-0.2, 0) is 4.79 Å². The van der Waals surface area contributed by atoms with E-state index in [1.165, 1.54) is 31.6 Å². The SMILES string of the molecule is CN1CCC(c2cnc(C3CCC(=O)CC3)[nH]2)CC1. The number of piperidine rings is 1. The van der Waals surface area contributed by atoms with Gasteiger partial charge < -0.3 is 9.88 Å². The molecule has 1 saturated carbocycles. The van der Waals surface area contributed by atoms with E-state index in [1.54, 1.807) is 0 Å². The largest absolute Gasteiger partial charge is 0.345 e. The number of carbonyl (C=O) groups is 1. The molecule has 0 aromatic carbocycles. The summed E-state index contributed by atoms with van der Waals surface area (Å²) in [4.78, 5) is 21.8. The molecule has 0 bridgehead atoms. The summed E-state index contributed by atoms with van der Waals surface area (Å²) in [6.45, 7) is 2.36. The number of rotatable bonds is 2. The van der Waals surface area contributed by atoms with Gasteiger partial charge in [0.15, 0.2) is 0 Å². The van der Waals surface area contributed by atoms with Crippen LogP contribution in [0.5, 0.6) is 0 Å². The number of nitrogens with one attached hydrogen (secondary N) is 1. The summed E-state index contributed by atoms with van der Waals surface area (Å²) in [7, 11) is 2.19. The molecule has 4 nitrogen and oxygen atoms in total. The van der Waals surface area contributed by atoms with E-state index in [9.17, 15) is 4.79 Å². The van der Waals surface area contributed by atoms with Crippen molar-refractivity contribution in [3.63, 3.8) is 0 Å². The van der Waals surface area contributed by atoms with Crippen molar-refractivity contribution >= 4 is 5.78 Å². The zero-order valence-electron chi connectivity index (χ0n) is 11.7. The predicted octanol–water partition coefficient (Wildman–Crippen LogP) is 2.45. The number of ketones is 1. The molecule has 0 spiro atoms. The Hall–Kier alpha value is -1.16. The van der Waals surface area contributed by atoms with Gasteiger partial charge in [-0.2, -0.15) is 0 Å². The first-order valence-corrected chi connectivity index (χ1v) is 7.47. The molecule has 0 radical (unpaired) electrons. The van der Waals surface area contributed by atoms with E-state index in [1.807, 2.05) is 6.20 Å². The normalized spacial score (nSPS) is 23.9. The fourth-order valence-corrected chi connectivity index (χ4v) is 3.30. The zero-order chi connectivity index (χ0) is 13.2.